The van der Waals surface area contributed by atoms with Crippen molar-refractivity contribution in [2.24, 2.45) is 5.10 Å². The Morgan fingerprint density at radius 3 is 2.00 bits per heavy atom. The van der Waals surface area contributed by atoms with E-state index in [-0.39, 0.29) is 0 Å². The average molecular weight is 365 g/mol. The minimum Gasteiger partial charge on any atom is -0.497 e. The molecule has 26 heavy (non-hydrogen) atoms. The summed E-state index contributed by atoms with van der Waals surface area (Å²) in [6.07, 6.45) is 0. The summed E-state index contributed by atoms with van der Waals surface area (Å²) >= 11 is 6.68. The van der Waals surface area contributed by atoms with E-state index in [4.69, 9.17) is 21.6 Å². The van der Waals surface area contributed by atoms with Crippen LogP contribution in [0.25, 0.3) is 0 Å². The first-order valence-electron chi connectivity index (χ1n) is 8.17. The zero-order valence-electron chi connectivity index (χ0n) is 14.2. The first-order chi connectivity index (χ1) is 12.8. The van der Waals surface area contributed by atoms with Crippen LogP contribution in [-0.2, 0) is 0 Å². The smallest absolute Gasteiger partial charge is 0.196 e. The predicted molar refractivity (Wildman–Crippen MR) is 105 cm³/mol. The lowest BCUT2D eigenvalue weighted by Gasteiger charge is -2.31. The van der Waals surface area contributed by atoms with Crippen LogP contribution >= 0.6 is 11.8 Å². The van der Waals surface area contributed by atoms with Crippen LogP contribution in [0.5, 0.6) is 5.75 Å². The molecule has 0 N–H and O–H groups in total. The molecule has 0 saturated carbocycles. The van der Waals surface area contributed by atoms with Crippen LogP contribution in [0.3, 0.4) is 0 Å². The minimum absolute atomic E-state index is 0.645. The molecular formula is C20H17ClN4O. The molecule has 3 aromatic carbocycles. The van der Waals surface area contributed by atoms with E-state index in [0.29, 0.717) is 5.84 Å². The van der Waals surface area contributed by atoms with Crippen LogP contribution in [0.2, 0.25) is 0 Å². The SMILES string of the molecule is COc1ccc(N2N=C(c3ccccc3)N(Cl)N2c2ccccc2)cc1. The van der Waals surface area contributed by atoms with Crippen molar-refractivity contribution in [2.75, 3.05) is 17.3 Å². The van der Waals surface area contributed by atoms with Crippen molar-refractivity contribution in [3.8, 4) is 5.75 Å². The van der Waals surface area contributed by atoms with Crippen molar-refractivity contribution < 1.29 is 4.74 Å². The number of para-hydroxylation sites is 1. The van der Waals surface area contributed by atoms with Crippen LogP contribution in [0.1, 0.15) is 5.56 Å². The van der Waals surface area contributed by atoms with Gasteiger partial charge in [0.15, 0.2) is 5.84 Å². The number of hydrazone groups is 1. The summed E-state index contributed by atoms with van der Waals surface area (Å²) < 4.78 is 6.77. The molecule has 130 valence electrons. The molecule has 3 aromatic rings. The summed E-state index contributed by atoms with van der Waals surface area (Å²) in [5.41, 5.74) is 2.69. The van der Waals surface area contributed by atoms with Gasteiger partial charge in [-0.25, -0.2) is 0 Å². The Hall–Kier alpha value is -3.18. The molecule has 0 atom stereocenters. The van der Waals surface area contributed by atoms with Gasteiger partial charge in [-0.15, -0.1) is 10.2 Å². The fourth-order valence-electron chi connectivity index (χ4n) is 2.74. The molecule has 5 nitrogen and oxygen atoms in total. The fraction of sp³-hybridized carbons (Fsp3) is 0.0500. The van der Waals surface area contributed by atoms with Crippen LogP contribution < -0.4 is 15.0 Å². The second kappa shape index (κ2) is 6.98. The second-order valence-electron chi connectivity index (χ2n) is 5.66. The Labute approximate surface area is 157 Å². The van der Waals surface area contributed by atoms with Gasteiger partial charge in [0.05, 0.1) is 18.5 Å². The maximum atomic E-state index is 6.68. The van der Waals surface area contributed by atoms with Gasteiger partial charge in [0.2, 0.25) is 0 Å². The number of nitrogens with zero attached hydrogens (tertiary/aromatic N) is 4. The van der Waals surface area contributed by atoms with E-state index in [9.17, 15) is 0 Å². The van der Waals surface area contributed by atoms with Gasteiger partial charge < -0.3 is 4.74 Å². The van der Waals surface area contributed by atoms with E-state index in [1.807, 2.05) is 90.0 Å². The Kier molecular flexibility index (Phi) is 4.37. The number of hydrogen-bond donors (Lipinski definition) is 0. The largest absolute Gasteiger partial charge is 0.497 e. The van der Waals surface area contributed by atoms with Crippen molar-refractivity contribution in [3.05, 3.63) is 90.5 Å². The van der Waals surface area contributed by atoms with E-state index in [1.165, 1.54) is 4.53 Å². The minimum atomic E-state index is 0.645. The molecule has 6 heteroatoms. The number of hydrazine groups is 2. The second-order valence-corrected chi connectivity index (χ2v) is 5.98. The predicted octanol–water partition coefficient (Wildman–Crippen LogP) is 4.67. The lowest BCUT2D eigenvalue weighted by atomic mass is 10.2. The summed E-state index contributed by atoms with van der Waals surface area (Å²) in [6, 6.07) is 27.4. The molecule has 0 radical (unpaired) electrons. The Morgan fingerprint density at radius 1 is 0.769 bits per heavy atom. The van der Waals surface area contributed by atoms with Gasteiger partial charge in [-0.3, -0.25) is 0 Å². The third-order valence-corrected chi connectivity index (χ3v) is 4.34. The standard InChI is InChI=1S/C20H17ClN4O/c1-26-19-14-12-17(13-15-19)24-22-20(16-8-4-2-5-9-16)23(21)25(24)18-10-6-3-7-11-18/h2-15H,1H3. The summed E-state index contributed by atoms with van der Waals surface area (Å²) in [7, 11) is 1.65. The van der Waals surface area contributed by atoms with Crippen LogP contribution in [0.4, 0.5) is 11.4 Å². The summed E-state index contributed by atoms with van der Waals surface area (Å²) in [4.78, 5) is 0. The molecule has 0 aliphatic carbocycles. The Balaban J connectivity index is 1.79. The summed E-state index contributed by atoms with van der Waals surface area (Å²) in [6.45, 7) is 0. The zero-order valence-corrected chi connectivity index (χ0v) is 14.9. The van der Waals surface area contributed by atoms with E-state index in [0.717, 1.165) is 22.7 Å². The highest BCUT2D eigenvalue weighted by Gasteiger charge is 2.33. The number of hydrogen-bond acceptors (Lipinski definition) is 5. The van der Waals surface area contributed by atoms with Gasteiger partial charge in [0.1, 0.15) is 5.75 Å². The molecule has 0 aromatic heterocycles. The van der Waals surface area contributed by atoms with Crippen LogP contribution in [0.15, 0.2) is 90.0 Å². The molecule has 1 heterocycles. The molecule has 0 saturated heterocycles. The van der Waals surface area contributed by atoms with E-state index >= 15 is 0 Å². The number of ether oxygens (including phenoxy) is 1. The van der Waals surface area contributed by atoms with Crippen molar-refractivity contribution >= 4 is 29.0 Å². The third kappa shape index (κ3) is 2.93. The number of benzene rings is 3. The number of anilines is 2. The first kappa shape index (κ1) is 16.3. The van der Waals surface area contributed by atoms with Crippen LogP contribution in [-0.4, -0.2) is 17.5 Å². The summed E-state index contributed by atoms with van der Waals surface area (Å²) in [5.74, 6) is 1.43. The Morgan fingerprint density at radius 2 is 1.38 bits per heavy atom. The normalized spacial score (nSPS) is 13.8. The van der Waals surface area contributed by atoms with Crippen molar-refractivity contribution in [1.82, 2.24) is 4.53 Å². The van der Waals surface area contributed by atoms with Crippen molar-refractivity contribution in [3.63, 3.8) is 0 Å². The number of rotatable bonds is 4. The van der Waals surface area contributed by atoms with Crippen molar-refractivity contribution in [2.45, 2.75) is 0 Å². The lowest BCUT2D eigenvalue weighted by molar-refractivity contribution is 0.415. The lowest BCUT2D eigenvalue weighted by Crippen LogP contribution is -2.43. The molecule has 0 bridgehead atoms. The quantitative estimate of drug-likeness (QED) is 0.629. The van der Waals surface area contributed by atoms with Gasteiger partial charge in [-0.2, -0.15) is 9.65 Å². The molecule has 1 aliphatic rings. The number of methoxy groups -OCH3 is 1. The summed E-state index contributed by atoms with van der Waals surface area (Å²) in [5, 5.41) is 8.33. The molecule has 1 aliphatic heterocycles. The zero-order chi connectivity index (χ0) is 17.9. The van der Waals surface area contributed by atoms with Gasteiger partial charge >= 0.3 is 0 Å². The maximum Gasteiger partial charge on any atom is 0.196 e. The molecule has 0 amide bonds. The van der Waals surface area contributed by atoms with Gasteiger partial charge in [0, 0.05) is 17.3 Å². The maximum absolute atomic E-state index is 6.68. The monoisotopic (exact) mass is 364 g/mol. The van der Waals surface area contributed by atoms with E-state index in [2.05, 4.69) is 0 Å². The number of halogens is 1. The first-order valence-corrected chi connectivity index (χ1v) is 8.51. The Bertz CT molecular complexity index is 900. The third-order valence-electron chi connectivity index (χ3n) is 4.03. The van der Waals surface area contributed by atoms with E-state index in [1.54, 1.807) is 12.2 Å². The highest BCUT2D eigenvalue weighted by atomic mass is 35.5. The highest BCUT2D eigenvalue weighted by molar-refractivity contribution is 6.27. The van der Waals surface area contributed by atoms with E-state index < -0.39 is 0 Å². The molecule has 0 unspecified atom stereocenters. The van der Waals surface area contributed by atoms with Gasteiger partial charge in [-0.05, 0) is 36.4 Å². The van der Waals surface area contributed by atoms with Gasteiger partial charge in [0.25, 0.3) is 0 Å². The highest BCUT2D eigenvalue weighted by Crippen LogP contribution is 2.32. The topological polar surface area (TPSA) is 31.3 Å². The molecular weight excluding hydrogens is 348 g/mol. The van der Waals surface area contributed by atoms with Crippen molar-refractivity contribution in [1.29, 1.82) is 0 Å². The molecule has 0 fully saturated rings. The van der Waals surface area contributed by atoms with Gasteiger partial charge in [-0.1, -0.05) is 48.5 Å². The molecule has 4 rings (SSSR count). The average Bonchev–Trinajstić information content (AvgIpc) is 3.06. The molecule has 0 spiro atoms. The van der Waals surface area contributed by atoms with Crippen LogP contribution in [0, 0.1) is 0 Å². The number of amidine groups is 1. The fourth-order valence-corrected chi connectivity index (χ4v) is 3.02.